The predicted molar refractivity (Wildman–Crippen MR) is 127 cm³/mol. The average Bonchev–Trinajstić information content (AvgIpc) is 3.47. The fraction of sp³-hybridized carbons (Fsp3) is 0.333. The topological polar surface area (TPSA) is 102 Å². The van der Waals surface area contributed by atoms with Gasteiger partial charge in [-0.05, 0) is 50.6 Å². The van der Waals surface area contributed by atoms with E-state index in [9.17, 15) is 14.4 Å². The van der Waals surface area contributed by atoms with E-state index in [1.807, 2.05) is 0 Å². The second kappa shape index (κ2) is 11.4. The highest BCUT2D eigenvalue weighted by atomic mass is 32.1. The van der Waals surface area contributed by atoms with Crippen LogP contribution in [0, 0.1) is 6.92 Å². The van der Waals surface area contributed by atoms with Gasteiger partial charge >= 0.3 is 5.97 Å². The predicted octanol–water partition coefficient (Wildman–Crippen LogP) is 5.31. The Hall–Kier alpha value is -3.46. The number of aromatic nitrogens is 1. The molecule has 3 aromatic rings. The lowest BCUT2D eigenvalue weighted by atomic mass is 10.1. The zero-order chi connectivity index (χ0) is 23.8. The zero-order valence-corrected chi connectivity index (χ0v) is 19.7. The van der Waals surface area contributed by atoms with Crippen LogP contribution in [-0.4, -0.2) is 35.9 Å². The van der Waals surface area contributed by atoms with Crippen molar-refractivity contribution in [3.05, 3.63) is 64.6 Å². The van der Waals surface area contributed by atoms with Crippen molar-refractivity contribution in [1.29, 1.82) is 0 Å². The molecule has 8 nitrogen and oxygen atoms in total. The summed E-state index contributed by atoms with van der Waals surface area (Å²) in [4.78, 5) is 44.5. The summed E-state index contributed by atoms with van der Waals surface area (Å²) in [6.07, 6.45) is 4.17. The number of rotatable bonds is 10. The molecule has 2 amide bonds. The van der Waals surface area contributed by atoms with Gasteiger partial charge in [0, 0.05) is 17.8 Å². The molecule has 0 aliphatic rings. The highest BCUT2D eigenvalue weighted by Crippen LogP contribution is 2.29. The van der Waals surface area contributed by atoms with Crippen LogP contribution < -0.4 is 10.2 Å². The highest BCUT2D eigenvalue weighted by Gasteiger charge is 2.25. The van der Waals surface area contributed by atoms with Crippen molar-refractivity contribution in [3.8, 4) is 0 Å². The number of benzene rings is 1. The Balaban J connectivity index is 1.86. The SMILES string of the molecule is CCCCCN(C(=O)c1cccc(NC(=O)c2ccco2)c1)c1nc(C)c(C(=O)OCC)s1. The lowest BCUT2D eigenvalue weighted by Gasteiger charge is -2.20. The normalized spacial score (nSPS) is 10.6. The van der Waals surface area contributed by atoms with Crippen LogP contribution in [0.5, 0.6) is 0 Å². The number of thiazole rings is 1. The molecule has 0 unspecified atom stereocenters. The second-order valence-corrected chi connectivity index (χ2v) is 8.29. The first-order valence-electron chi connectivity index (χ1n) is 10.9. The Morgan fingerprint density at radius 2 is 1.97 bits per heavy atom. The molecule has 0 fully saturated rings. The summed E-state index contributed by atoms with van der Waals surface area (Å²) in [6, 6.07) is 9.89. The summed E-state index contributed by atoms with van der Waals surface area (Å²) in [5, 5.41) is 3.18. The van der Waals surface area contributed by atoms with E-state index in [4.69, 9.17) is 9.15 Å². The van der Waals surface area contributed by atoms with Gasteiger partial charge in [-0.25, -0.2) is 9.78 Å². The molecule has 0 radical (unpaired) electrons. The van der Waals surface area contributed by atoms with Crippen molar-refractivity contribution >= 4 is 39.9 Å². The molecule has 0 atom stereocenters. The van der Waals surface area contributed by atoms with Crippen LogP contribution in [0.25, 0.3) is 0 Å². The maximum atomic E-state index is 13.5. The standard InChI is InChI=1S/C24H27N3O5S/c1-4-6-7-13-27(24-25-16(3)20(33-24)23(30)31-5-2)22(29)17-10-8-11-18(15-17)26-21(28)19-12-9-14-32-19/h8-12,14-15H,4-7,13H2,1-3H3,(H,26,28). The first-order chi connectivity index (χ1) is 15.9. The largest absolute Gasteiger partial charge is 0.462 e. The van der Waals surface area contributed by atoms with Crippen molar-refractivity contribution < 1.29 is 23.5 Å². The van der Waals surface area contributed by atoms with Crippen LogP contribution in [0.2, 0.25) is 0 Å². The number of unbranched alkanes of at least 4 members (excludes halogenated alkanes) is 2. The zero-order valence-electron chi connectivity index (χ0n) is 18.9. The molecule has 174 valence electrons. The van der Waals surface area contributed by atoms with Crippen LogP contribution in [0.1, 0.15) is 69.4 Å². The van der Waals surface area contributed by atoms with Crippen LogP contribution in [0.15, 0.2) is 47.1 Å². The number of hydrogen-bond donors (Lipinski definition) is 1. The van der Waals surface area contributed by atoms with E-state index in [0.717, 1.165) is 30.6 Å². The van der Waals surface area contributed by atoms with Gasteiger partial charge in [-0.3, -0.25) is 14.5 Å². The van der Waals surface area contributed by atoms with Gasteiger partial charge in [0.1, 0.15) is 4.88 Å². The Bertz CT molecular complexity index is 1110. The summed E-state index contributed by atoms with van der Waals surface area (Å²) < 4.78 is 10.2. The van der Waals surface area contributed by atoms with E-state index in [1.54, 1.807) is 55.1 Å². The Morgan fingerprint density at radius 1 is 1.15 bits per heavy atom. The van der Waals surface area contributed by atoms with E-state index in [2.05, 4.69) is 17.2 Å². The summed E-state index contributed by atoms with van der Waals surface area (Å²) in [7, 11) is 0. The molecular formula is C24H27N3O5S. The number of nitrogens with one attached hydrogen (secondary N) is 1. The lowest BCUT2D eigenvalue weighted by Crippen LogP contribution is -2.32. The molecule has 0 saturated heterocycles. The van der Waals surface area contributed by atoms with Gasteiger partial charge < -0.3 is 14.5 Å². The number of aryl methyl sites for hydroxylation is 1. The molecule has 9 heteroatoms. The molecule has 2 heterocycles. The summed E-state index contributed by atoms with van der Waals surface area (Å²) in [6.45, 7) is 6.29. The molecule has 0 aliphatic heterocycles. The van der Waals surface area contributed by atoms with Crippen molar-refractivity contribution in [1.82, 2.24) is 4.98 Å². The number of amides is 2. The Kier molecular flexibility index (Phi) is 8.37. The third kappa shape index (κ3) is 6.07. The van der Waals surface area contributed by atoms with E-state index in [0.29, 0.717) is 33.5 Å². The number of anilines is 2. The molecule has 3 rings (SSSR count). The molecule has 2 aromatic heterocycles. The summed E-state index contributed by atoms with van der Waals surface area (Å²) >= 11 is 1.15. The van der Waals surface area contributed by atoms with Crippen LogP contribution in [0.3, 0.4) is 0 Å². The fourth-order valence-corrected chi connectivity index (χ4v) is 4.16. The van der Waals surface area contributed by atoms with E-state index in [-0.39, 0.29) is 18.3 Å². The highest BCUT2D eigenvalue weighted by molar-refractivity contribution is 7.17. The molecule has 0 bridgehead atoms. The molecule has 1 aromatic carbocycles. The van der Waals surface area contributed by atoms with Gasteiger partial charge in [0.05, 0.1) is 18.6 Å². The third-order valence-electron chi connectivity index (χ3n) is 4.82. The molecule has 33 heavy (non-hydrogen) atoms. The first-order valence-corrected chi connectivity index (χ1v) is 11.7. The molecule has 0 aliphatic carbocycles. The molecule has 0 saturated carbocycles. The van der Waals surface area contributed by atoms with E-state index in [1.165, 1.54) is 6.26 Å². The van der Waals surface area contributed by atoms with E-state index < -0.39 is 11.9 Å². The quantitative estimate of drug-likeness (QED) is 0.319. The molecule has 1 N–H and O–H groups in total. The number of ether oxygens (including phenoxy) is 1. The number of nitrogens with zero attached hydrogens (tertiary/aromatic N) is 2. The fourth-order valence-electron chi connectivity index (χ4n) is 3.17. The maximum absolute atomic E-state index is 13.5. The van der Waals surface area contributed by atoms with Crippen LogP contribution >= 0.6 is 11.3 Å². The monoisotopic (exact) mass is 469 g/mol. The lowest BCUT2D eigenvalue weighted by molar-refractivity contribution is 0.0530. The number of hydrogen-bond acceptors (Lipinski definition) is 7. The van der Waals surface area contributed by atoms with Crippen molar-refractivity contribution in [2.45, 2.75) is 40.0 Å². The smallest absolute Gasteiger partial charge is 0.350 e. The maximum Gasteiger partial charge on any atom is 0.350 e. The third-order valence-corrected chi connectivity index (χ3v) is 5.98. The number of furan rings is 1. The minimum Gasteiger partial charge on any atom is -0.462 e. The minimum absolute atomic E-state index is 0.178. The van der Waals surface area contributed by atoms with E-state index >= 15 is 0 Å². The van der Waals surface area contributed by atoms with Crippen LogP contribution in [0.4, 0.5) is 10.8 Å². The Morgan fingerprint density at radius 3 is 2.67 bits per heavy atom. The van der Waals surface area contributed by atoms with Crippen molar-refractivity contribution in [3.63, 3.8) is 0 Å². The number of carbonyl (C=O) groups is 3. The van der Waals surface area contributed by atoms with Crippen molar-refractivity contribution in [2.75, 3.05) is 23.4 Å². The minimum atomic E-state index is -0.442. The van der Waals surface area contributed by atoms with Gasteiger partial charge in [-0.2, -0.15) is 0 Å². The number of esters is 1. The Labute approximate surface area is 196 Å². The van der Waals surface area contributed by atoms with Gasteiger partial charge in [-0.1, -0.05) is 37.2 Å². The van der Waals surface area contributed by atoms with Crippen LogP contribution in [-0.2, 0) is 4.74 Å². The first kappa shape index (κ1) is 24.2. The molecular weight excluding hydrogens is 442 g/mol. The average molecular weight is 470 g/mol. The summed E-state index contributed by atoms with van der Waals surface area (Å²) in [5.41, 5.74) is 1.40. The second-order valence-electron chi connectivity index (χ2n) is 7.31. The summed E-state index contributed by atoms with van der Waals surface area (Å²) in [5.74, 6) is -0.927. The van der Waals surface area contributed by atoms with Gasteiger partial charge in [0.25, 0.3) is 11.8 Å². The van der Waals surface area contributed by atoms with Gasteiger partial charge in [0.15, 0.2) is 10.9 Å². The van der Waals surface area contributed by atoms with Crippen molar-refractivity contribution in [2.24, 2.45) is 0 Å². The molecule has 0 spiro atoms. The van der Waals surface area contributed by atoms with Gasteiger partial charge in [-0.15, -0.1) is 0 Å². The van der Waals surface area contributed by atoms with Gasteiger partial charge in [0.2, 0.25) is 0 Å². The number of carbonyl (C=O) groups excluding carboxylic acids is 3.